The molecule has 0 saturated carbocycles. The molecule has 2 heterocycles. The summed E-state index contributed by atoms with van der Waals surface area (Å²) in [5, 5.41) is 23.4. The van der Waals surface area contributed by atoms with E-state index in [9.17, 15) is 10.2 Å². The van der Waals surface area contributed by atoms with Crippen molar-refractivity contribution in [2.24, 2.45) is 0 Å². The maximum absolute atomic E-state index is 9.94. The monoisotopic (exact) mass is 769 g/mol. The summed E-state index contributed by atoms with van der Waals surface area (Å²) >= 11 is 1.91. The van der Waals surface area contributed by atoms with Gasteiger partial charge in [-0.05, 0) is 53.6 Å². The van der Waals surface area contributed by atoms with E-state index in [1.807, 2.05) is 11.3 Å². The number of benzene rings is 1. The fourth-order valence-corrected chi connectivity index (χ4v) is 4.98. The second-order valence-electron chi connectivity index (χ2n) is 6.73. The Balaban J connectivity index is 0.00000104. The van der Waals surface area contributed by atoms with Gasteiger partial charge in [-0.15, -0.1) is 11.3 Å². The smallest absolute Gasteiger partial charge is 0.157 e. The number of hydrogen-bond donors (Lipinski definition) is 3. The predicted molar refractivity (Wildman–Crippen MR) is 89.0 cm³/mol. The van der Waals surface area contributed by atoms with Crippen LogP contribution in [-0.2, 0) is 13.0 Å². The molecule has 2 radical (unpaired) electrons. The first kappa shape index (κ1) is 21.7. The molecule has 3 nitrogen and oxygen atoms in total. The zero-order valence-electron chi connectivity index (χ0n) is 14.0. The summed E-state index contributed by atoms with van der Waals surface area (Å²) in [5.41, 5.74) is 3.76. The maximum atomic E-state index is 9.94. The van der Waals surface area contributed by atoms with E-state index < -0.39 is 0 Å². The number of nitrogens with one attached hydrogen (secondary N) is 1. The molecule has 2 aromatic rings. The number of aryl methyl sites for hydroxylation is 1. The Morgan fingerprint density at radius 3 is 2.50 bits per heavy atom. The average molecular weight is 769 g/mol. The van der Waals surface area contributed by atoms with Gasteiger partial charge in [-0.3, -0.25) is 0 Å². The number of phenolic OH excluding ortho intramolecular Hbond substituents is 2. The first-order valence-corrected chi connectivity index (χ1v) is 8.77. The number of aromatic hydroxyl groups is 2. The van der Waals surface area contributed by atoms with Crippen LogP contribution in [0.25, 0.3) is 0 Å². The van der Waals surface area contributed by atoms with Gasteiger partial charge in [-0.25, -0.2) is 0 Å². The van der Waals surface area contributed by atoms with Crippen LogP contribution in [0.2, 0.25) is 0 Å². The Morgan fingerprint density at radius 1 is 1.08 bits per heavy atom. The Kier molecular flexibility index (Phi) is 7.75. The number of rotatable bonds is 1. The Bertz CT molecular complexity index is 745. The largest absolute Gasteiger partial charge is 0.504 e. The van der Waals surface area contributed by atoms with Crippen LogP contribution in [0.1, 0.15) is 58.5 Å². The van der Waals surface area contributed by atoms with Crippen LogP contribution < -0.4 is 5.32 Å². The van der Waals surface area contributed by atoms with E-state index in [0.717, 1.165) is 19.4 Å². The fourth-order valence-electron chi connectivity index (χ4n) is 3.81. The quantitative estimate of drug-likeness (QED) is 0.387. The van der Waals surface area contributed by atoms with Crippen molar-refractivity contribution < 1.29 is 98.3 Å². The molecule has 4 rings (SSSR count). The Hall–Kier alpha value is 1.36. The van der Waals surface area contributed by atoms with E-state index in [0.29, 0.717) is 17.9 Å². The molecule has 0 bridgehead atoms. The SMILES string of the molecule is CC(C)c1cc2c(s1)CNC1CCc3cc(O)c(O)cc3[C@@H]21.[Ac].[Ac]. The Labute approximate surface area is 218 Å². The number of phenols is 2. The van der Waals surface area contributed by atoms with E-state index in [1.165, 1.54) is 26.4 Å². The summed E-state index contributed by atoms with van der Waals surface area (Å²) < 4.78 is 0. The molecule has 24 heavy (non-hydrogen) atoms. The molecule has 1 aromatic carbocycles. The van der Waals surface area contributed by atoms with Crippen LogP contribution in [0.3, 0.4) is 0 Å². The van der Waals surface area contributed by atoms with Gasteiger partial charge < -0.3 is 15.5 Å². The molecule has 1 aromatic heterocycles. The molecule has 6 heteroatoms. The van der Waals surface area contributed by atoms with Crippen molar-refractivity contribution in [3.8, 4) is 11.5 Å². The normalized spacial score (nSPS) is 21.1. The second kappa shape index (κ2) is 8.58. The standard InChI is InChI=1S/C18H21NO2S.2Ac/c1-9(2)16-7-12-17(22-16)8-19-13-4-3-10-5-14(20)15(21)6-11(10)18(12)13;;/h5-7,9,13,18-21H,3-4,8H2,1-2H3;;/t13?,18-;;/m0../s1. The minimum atomic E-state index is -0.00849. The number of thiophene rings is 1. The molecule has 1 unspecified atom stereocenters. The van der Waals surface area contributed by atoms with Crippen LogP contribution >= 0.6 is 11.3 Å². The number of fused-ring (bicyclic) bond motifs is 5. The van der Waals surface area contributed by atoms with Crippen molar-refractivity contribution in [1.82, 2.24) is 5.32 Å². The third kappa shape index (κ3) is 3.81. The molecule has 0 saturated heterocycles. The number of hydrogen-bond acceptors (Lipinski definition) is 4. The van der Waals surface area contributed by atoms with E-state index in [2.05, 4.69) is 25.2 Å². The van der Waals surface area contributed by atoms with Crippen LogP contribution in [0.4, 0.5) is 0 Å². The van der Waals surface area contributed by atoms with Crippen molar-refractivity contribution in [2.75, 3.05) is 0 Å². The summed E-state index contributed by atoms with van der Waals surface area (Å²) in [5.74, 6) is 0.827. The predicted octanol–water partition coefficient (Wildman–Crippen LogP) is 3.83. The second-order valence-corrected chi connectivity index (χ2v) is 7.89. The van der Waals surface area contributed by atoms with Gasteiger partial charge in [0.05, 0.1) is 0 Å². The molecule has 3 N–H and O–H groups in total. The molecule has 1 aliphatic carbocycles. The average Bonchev–Trinajstić information content (AvgIpc) is 2.92. The molecule has 122 valence electrons. The van der Waals surface area contributed by atoms with Gasteiger partial charge in [-0.2, -0.15) is 0 Å². The van der Waals surface area contributed by atoms with Crippen molar-refractivity contribution in [1.29, 1.82) is 0 Å². The molecule has 2 aliphatic rings. The molecule has 0 fully saturated rings. The van der Waals surface area contributed by atoms with Gasteiger partial charge in [0.25, 0.3) is 0 Å². The van der Waals surface area contributed by atoms with Crippen molar-refractivity contribution in [3.63, 3.8) is 0 Å². The fraction of sp³-hybridized carbons (Fsp3) is 0.444. The third-order valence-electron chi connectivity index (χ3n) is 4.99. The van der Waals surface area contributed by atoms with Crippen molar-refractivity contribution >= 4 is 11.3 Å². The zero-order valence-corrected chi connectivity index (χ0v) is 24.4. The zero-order chi connectivity index (χ0) is 15.4. The minimum absolute atomic E-state index is 0. The molecular formula is C18H21Ac2NO2S. The first-order chi connectivity index (χ1) is 10.5. The van der Waals surface area contributed by atoms with Crippen LogP contribution in [0.15, 0.2) is 18.2 Å². The van der Waals surface area contributed by atoms with Crippen LogP contribution in [-0.4, -0.2) is 16.3 Å². The summed E-state index contributed by atoms with van der Waals surface area (Å²) in [6.45, 7) is 5.43. The van der Waals surface area contributed by atoms with Crippen LogP contribution in [0.5, 0.6) is 11.5 Å². The summed E-state index contributed by atoms with van der Waals surface area (Å²) in [6.07, 6.45) is 2.03. The summed E-state index contributed by atoms with van der Waals surface area (Å²) in [7, 11) is 0. The summed E-state index contributed by atoms with van der Waals surface area (Å²) in [4.78, 5) is 2.85. The van der Waals surface area contributed by atoms with Gasteiger partial charge in [0.2, 0.25) is 0 Å². The molecule has 1 aliphatic heterocycles. The van der Waals surface area contributed by atoms with Crippen LogP contribution in [0, 0.1) is 88.1 Å². The molecular weight excluding hydrogens is 748 g/mol. The topological polar surface area (TPSA) is 52.5 Å². The van der Waals surface area contributed by atoms with Gasteiger partial charge >= 0.3 is 0 Å². The van der Waals surface area contributed by atoms with Gasteiger partial charge in [0, 0.05) is 116 Å². The Morgan fingerprint density at radius 2 is 1.79 bits per heavy atom. The van der Waals surface area contributed by atoms with E-state index in [1.54, 1.807) is 12.1 Å². The minimum Gasteiger partial charge on any atom is -0.504 e. The van der Waals surface area contributed by atoms with E-state index >= 15 is 0 Å². The van der Waals surface area contributed by atoms with Gasteiger partial charge in [-0.1, -0.05) is 13.8 Å². The first-order valence-electron chi connectivity index (χ1n) is 7.95. The molecule has 0 amide bonds. The van der Waals surface area contributed by atoms with E-state index in [4.69, 9.17) is 0 Å². The van der Waals surface area contributed by atoms with Crippen molar-refractivity contribution in [3.05, 3.63) is 44.6 Å². The molecule has 2 atom stereocenters. The van der Waals surface area contributed by atoms with E-state index in [-0.39, 0.29) is 99.6 Å². The van der Waals surface area contributed by atoms with Gasteiger partial charge in [0.1, 0.15) is 0 Å². The maximum Gasteiger partial charge on any atom is 0.157 e. The molecule has 0 spiro atoms. The van der Waals surface area contributed by atoms with Gasteiger partial charge in [0.15, 0.2) is 11.5 Å². The summed E-state index contributed by atoms with van der Waals surface area (Å²) in [6, 6.07) is 6.30. The van der Waals surface area contributed by atoms with Crippen molar-refractivity contribution in [2.45, 2.75) is 51.1 Å². The third-order valence-corrected chi connectivity index (χ3v) is 6.44.